The van der Waals surface area contributed by atoms with Crippen LogP contribution in [0.5, 0.6) is 0 Å². The maximum Gasteiger partial charge on any atom is 0.0998 e. The average Bonchev–Trinajstić information content (AvgIpc) is 3.49. The van der Waals surface area contributed by atoms with E-state index >= 15 is 0 Å². The van der Waals surface area contributed by atoms with Gasteiger partial charge in [-0.3, -0.25) is 0 Å². The third-order valence-electron chi connectivity index (χ3n) is 9.25. The van der Waals surface area contributed by atoms with Crippen molar-refractivity contribution in [3.8, 4) is 51.2 Å². The van der Waals surface area contributed by atoms with Gasteiger partial charge in [-0.25, -0.2) is 0 Å². The molecule has 8 rings (SSSR count). The van der Waals surface area contributed by atoms with Crippen molar-refractivity contribution in [3.05, 3.63) is 174 Å². The van der Waals surface area contributed by atoms with Crippen LogP contribution < -0.4 is 5.32 Å². The highest BCUT2D eigenvalue weighted by molar-refractivity contribution is 6.10. The molecule has 0 unspecified atom stereocenters. The fourth-order valence-electron chi connectivity index (χ4n) is 7.02. The zero-order chi connectivity index (χ0) is 33.3. The molecule has 0 atom stereocenters. The van der Waals surface area contributed by atoms with Crippen LogP contribution in [-0.2, 0) is 0 Å². The zero-order valence-electron chi connectivity index (χ0n) is 26.9. The highest BCUT2D eigenvalue weighted by atomic mass is 15.0. The van der Waals surface area contributed by atoms with E-state index in [-0.39, 0.29) is 0 Å². The molecule has 0 aliphatic heterocycles. The number of anilines is 2. The molecule has 0 radical (unpaired) electrons. The Bertz CT molecular complexity index is 2580. The van der Waals surface area contributed by atoms with E-state index in [0.29, 0.717) is 11.1 Å². The van der Waals surface area contributed by atoms with E-state index in [4.69, 9.17) is 0 Å². The minimum absolute atomic E-state index is 0.554. The Balaban J connectivity index is 1.32. The van der Waals surface area contributed by atoms with Gasteiger partial charge in [0, 0.05) is 38.8 Å². The maximum absolute atomic E-state index is 10.5. The average molecular weight is 627 g/mol. The van der Waals surface area contributed by atoms with Crippen LogP contribution in [0.1, 0.15) is 16.7 Å². The molecule has 230 valence electrons. The van der Waals surface area contributed by atoms with Crippen LogP contribution in [0.25, 0.3) is 60.9 Å². The smallest absolute Gasteiger partial charge is 0.0998 e. The van der Waals surface area contributed by atoms with E-state index in [1.807, 2.05) is 54.6 Å². The summed E-state index contributed by atoms with van der Waals surface area (Å²) in [4.78, 5) is 0. The highest BCUT2D eigenvalue weighted by Gasteiger charge is 2.21. The zero-order valence-corrected chi connectivity index (χ0v) is 26.9. The van der Waals surface area contributed by atoms with Crippen molar-refractivity contribution in [2.24, 2.45) is 0 Å². The van der Waals surface area contributed by atoms with E-state index in [1.165, 1.54) is 5.56 Å². The summed E-state index contributed by atoms with van der Waals surface area (Å²) in [7, 11) is 0. The molecular weight excluding hydrogens is 597 g/mol. The third kappa shape index (κ3) is 5.10. The van der Waals surface area contributed by atoms with Gasteiger partial charge in [0.1, 0.15) is 0 Å². The molecular formula is C45H30N4. The number of hydrogen-bond acceptors (Lipinski definition) is 3. The van der Waals surface area contributed by atoms with Gasteiger partial charge in [0.2, 0.25) is 0 Å². The number of rotatable bonds is 6. The number of aryl methyl sites for hydroxylation is 1. The predicted octanol–water partition coefficient (Wildman–Crippen LogP) is 11.6. The molecule has 0 saturated carbocycles. The van der Waals surface area contributed by atoms with E-state index in [9.17, 15) is 10.5 Å². The summed E-state index contributed by atoms with van der Waals surface area (Å²) in [6.45, 7) is 2.12. The molecule has 4 nitrogen and oxygen atoms in total. The lowest BCUT2D eigenvalue weighted by atomic mass is 9.88. The number of nitriles is 2. The standard InChI is InChI=1S/C45H30N4/c1-30-13-2-3-15-34(30)36-17-6-9-21-41(36)48-33-26-25-31(28-46)40(27-33)35-16-4-5-20-39(35)45-32(29-47)14-12-24-44(45)49-42-22-10-7-18-37(42)38-19-8-11-23-43(38)49/h2-27,48H,1H3. The Morgan fingerprint density at radius 1 is 0.490 bits per heavy atom. The lowest BCUT2D eigenvalue weighted by Gasteiger charge is -2.19. The summed E-state index contributed by atoms with van der Waals surface area (Å²) in [5.41, 5.74) is 12.8. The van der Waals surface area contributed by atoms with Crippen molar-refractivity contribution in [2.45, 2.75) is 6.92 Å². The molecule has 7 aromatic carbocycles. The fraction of sp³-hybridized carbons (Fsp3) is 0.0222. The molecule has 0 fully saturated rings. The van der Waals surface area contributed by atoms with Gasteiger partial charge in [-0.05, 0) is 77.7 Å². The van der Waals surface area contributed by atoms with Gasteiger partial charge < -0.3 is 9.88 Å². The van der Waals surface area contributed by atoms with Crippen LogP contribution in [0.3, 0.4) is 0 Å². The van der Waals surface area contributed by atoms with Gasteiger partial charge >= 0.3 is 0 Å². The Morgan fingerprint density at radius 3 is 1.78 bits per heavy atom. The Kier molecular flexibility index (Phi) is 7.46. The van der Waals surface area contributed by atoms with Gasteiger partial charge in [-0.2, -0.15) is 10.5 Å². The first kappa shape index (κ1) is 29.5. The molecule has 0 aliphatic rings. The second-order valence-electron chi connectivity index (χ2n) is 12.1. The van der Waals surface area contributed by atoms with E-state index < -0.39 is 0 Å². The summed E-state index contributed by atoms with van der Waals surface area (Å²) in [5, 5.41) is 26.8. The van der Waals surface area contributed by atoms with Gasteiger partial charge in [-0.1, -0.05) is 109 Å². The Hall–Kier alpha value is -6.88. The molecule has 49 heavy (non-hydrogen) atoms. The molecule has 0 bridgehead atoms. The van der Waals surface area contributed by atoms with Gasteiger partial charge in [0.15, 0.2) is 0 Å². The third-order valence-corrected chi connectivity index (χ3v) is 9.25. The summed E-state index contributed by atoms with van der Waals surface area (Å²) in [6, 6.07) is 58.2. The van der Waals surface area contributed by atoms with Crippen LogP contribution in [0.2, 0.25) is 0 Å². The molecule has 1 N–H and O–H groups in total. The van der Waals surface area contributed by atoms with Crippen molar-refractivity contribution in [2.75, 3.05) is 5.32 Å². The van der Waals surface area contributed by atoms with Crippen molar-refractivity contribution < 1.29 is 0 Å². The van der Waals surface area contributed by atoms with Crippen molar-refractivity contribution in [1.82, 2.24) is 4.57 Å². The van der Waals surface area contributed by atoms with E-state index in [0.717, 1.165) is 72.2 Å². The van der Waals surface area contributed by atoms with E-state index in [1.54, 1.807) is 0 Å². The van der Waals surface area contributed by atoms with Crippen LogP contribution >= 0.6 is 0 Å². The normalized spacial score (nSPS) is 10.9. The second kappa shape index (κ2) is 12.4. The van der Waals surface area contributed by atoms with Crippen LogP contribution in [0, 0.1) is 29.6 Å². The molecule has 0 spiro atoms. The van der Waals surface area contributed by atoms with E-state index in [2.05, 4.69) is 132 Å². The molecule has 0 saturated heterocycles. The molecule has 4 heteroatoms. The first-order valence-corrected chi connectivity index (χ1v) is 16.2. The van der Waals surface area contributed by atoms with Crippen molar-refractivity contribution in [1.29, 1.82) is 10.5 Å². The molecule has 8 aromatic rings. The molecule has 1 heterocycles. The van der Waals surface area contributed by atoms with Crippen LogP contribution in [0.4, 0.5) is 11.4 Å². The predicted molar refractivity (Wildman–Crippen MR) is 201 cm³/mol. The number of nitrogens with zero attached hydrogens (tertiary/aromatic N) is 3. The SMILES string of the molecule is Cc1ccccc1-c1ccccc1Nc1ccc(C#N)c(-c2ccccc2-c2c(C#N)cccc2-n2c3ccccc3c3ccccc32)c1. The largest absolute Gasteiger partial charge is 0.355 e. The molecule has 1 aromatic heterocycles. The van der Waals surface area contributed by atoms with Crippen LogP contribution in [-0.4, -0.2) is 4.57 Å². The van der Waals surface area contributed by atoms with Crippen molar-refractivity contribution >= 4 is 33.2 Å². The van der Waals surface area contributed by atoms with Gasteiger partial charge in [0.05, 0.1) is 40.0 Å². The summed E-state index contributed by atoms with van der Waals surface area (Å²) < 4.78 is 2.25. The van der Waals surface area contributed by atoms with Gasteiger partial charge in [-0.15, -0.1) is 0 Å². The Labute approximate surface area is 285 Å². The first-order chi connectivity index (χ1) is 24.2. The summed E-state index contributed by atoms with van der Waals surface area (Å²) >= 11 is 0. The number of nitrogens with one attached hydrogen (secondary N) is 1. The Morgan fingerprint density at radius 2 is 1.08 bits per heavy atom. The maximum atomic E-state index is 10.5. The minimum Gasteiger partial charge on any atom is -0.355 e. The number of aromatic nitrogens is 1. The quantitative estimate of drug-likeness (QED) is 0.200. The van der Waals surface area contributed by atoms with Crippen molar-refractivity contribution in [3.63, 3.8) is 0 Å². The lowest BCUT2D eigenvalue weighted by molar-refractivity contribution is 1.18. The van der Waals surface area contributed by atoms with Gasteiger partial charge in [0.25, 0.3) is 0 Å². The van der Waals surface area contributed by atoms with Crippen LogP contribution in [0.15, 0.2) is 158 Å². The minimum atomic E-state index is 0.554. The summed E-state index contributed by atoms with van der Waals surface area (Å²) in [5.74, 6) is 0. The topological polar surface area (TPSA) is 64.5 Å². The number of para-hydroxylation sites is 3. The molecule has 0 amide bonds. The number of benzene rings is 7. The number of hydrogen-bond donors (Lipinski definition) is 1. The second-order valence-corrected chi connectivity index (χ2v) is 12.1. The first-order valence-electron chi connectivity index (χ1n) is 16.2. The molecule has 0 aliphatic carbocycles. The monoisotopic (exact) mass is 626 g/mol. The number of fused-ring (bicyclic) bond motifs is 3. The lowest BCUT2D eigenvalue weighted by Crippen LogP contribution is -2.01. The summed E-state index contributed by atoms with van der Waals surface area (Å²) in [6.07, 6.45) is 0. The fourth-order valence-corrected chi connectivity index (χ4v) is 7.02. The highest BCUT2D eigenvalue weighted by Crippen LogP contribution is 2.42.